The van der Waals surface area contributed by atoms with Gasteiger partial charge in [-0.2, -0.15) is 0 Å². The van der Waals surface area contributed by atoms with Gasteiger partial charge in [-0.3, -0.25) is 19.7 Å². The van der Waals surface area contributed by atoms with Crippen molar-refractivity contribution in [3.8, 4) is 22.6 Å². The van der Waals surface area contributed by atoms with Crippen molar-refractivity contribution in [3.05, 3.63) is 160 Å². The van der Waals surface area contributed by atoms with Crippen LogP contribution in [0, 0.1) is 10.1 Å². The molecule has 0 aliphatic carbocycles. The average Bonchev–Trinajstić information content (AvgIpc) is 3.80. The molecule has 0 amide bonds. The summed E-state index contributed by atoms with van der Waals surface area (Å²) in [5.41, 5.74) is 5.80. The van der Waals surface area contributed by atoms with Crippen LogP contribution in [0.5, 0.6) is 11.5 Å². The minimum Gasteiger partial charge on any atom is -0.454 e. The van der Waals surface area contributed by atoms with E-state index in [1.54, 1.807) is 11.8 Å². The molecule has 1 aromatic heterocycles. The van der Waals surface area contributed by atoms with E-state index in [1.807, 2.05) is 78.9 Å². The van der Waals surface area contributed by atoms with Crippen molar-refractivity contribution in [2.75, 3.05) is 65.5 Å². The molecule has 0 saturated carbocycles. The van der Waals surface area contributed by atoms with Crippen LogP contribution in [0.2, 0.25) is 5.02 Å². The number of anilines is 4. The van der Waals surface area contributed by atoms with Gasteiger partial charge in [0.05, 0.1) is 15.3 Å². The van der Waals surface area contributed by atoms with Gasteiger partial charge in [0, 0.05) is 89.9 Å². The van der Waals surface area contributed by atoms with Gasteiger partial charge < -0.3 is 25.0 Å². The summed E-state index contributed by atoms with van der Waals surface area (Å²) >= 11 is 7.77. The largest absolute Gasteiger partial charge is 0.454 e. The predicted octanol–water partition coefficient (Wildman–Crippen LogP) is 9.79. The first-order valence-corrected chi connectivity index (χ1v) is 23.9. The number of nitrogens with one attached hydrogen (secondary N) is 3. The number of ether oxygens (including phenoxy) is 2. The van der Waals surface area contributed by atoms with E-state index in [1.165, 1.54) is 29.6 Å². The summed E-state index contributed by atoms with van der Waals surface area (Å²) in [5.74, 6) is 2.01. The van der Waals surface area contributed by atoms with E-state index in [9.17, 15) is 18.5 Å². The zero-order valence-electron chi connectivity index (χ0n) is 35.1. The van der Waals surface area contributed by atoms with E-state index in [-0.39, 0.29) is 34.9 Å². The summed E-state index contributed by atoms with van der Waals surface area (Å²) < 4.78 is 41.3. The van der Waals surface area contributed by atoms with Gasteiger partial charge in [0.15, 0.2) is 17.3 Å². The molecule has 3 heterocycles. The van der Waals surface area contributed by atoms with Gasteiger partial charge in [-0.1, -0.05) is 66.2 Å². The van der Waals surface area contributed by atoms with Crippen molar-refractivity contribution in [1.82, 2.24) is 14.9 Å². The molecule has 0 radical (unpaired) electrons. The number of nitrogens with zero attached hydrogens (tertiary/aromatic N) is 5. The van der Waals surface area contributed by atoms with E-state index in [2.05, 4.69) is 71.5 Å². The Hall–Kier alpha value is -6.59. The summed E-state index contributed by atoms with van der Waals surface area (Å²) in [6.07, 6.45) is 1.90. The Morgan fingerprint density at radius 2 is 1.62 bits per heavy atom. The van der Waals surface area contributed by atoms with Gasteiger partial charge >= 0.3 is 0 Å². The number of nitro groups is 1. The molecule has 0 bridgehead atoms. The molecular formula is C48H45ClN8O6S2. The number of piperazine rings is 1. The van der Waals surface area contributed by atoms with Crippen LogP contribution in [0.25, 0.3) is 22.0 Å². The van der Waals surface area contributed by atoms with E-state index < -0.39 is 14.9 Å². The monoisotopic (exact) mass is 928 g/mol. The van der Waals surface area contributed by atoms with Crippen LogP contribution in [-0.2, 0) is 16.6 Å². The number of rotatable bonds is 17. The second-order valence-corrected chi connectivity index (χ2v) is 18.9. The number of aromatic nitrogens is 2. The first-order valence-electron chi connectivity index (χ1n) is 21.1. The van der Waals surface area contributed by atoms with Gasteiger partial charge in [-0.15, -0.1) is 11.8 Å². The minimum absolute atomic E-state index is 0.0727. The molecule has 332 valence electrons. The molecule has 0 unspecified atom stereocenters. The molecule has 17 heteroatoms. The summed E-state index contributed by atoms with van der Waals surface area (Å²) in [5, 5.41) is 20.5. The maximum absolute atomic E-state index is 13.9. The van der Waals surface area contributed by atoms with Gasteiger partial charge in [-0.25, -0.2) is 18.4 Å². The zero-order chi connectivity index (χ0) is 44.8. The van der Waals surface area contributed by atoms with Crippen LogP contribution in [0.4, 0.5) is 28.6 Å². The smallest absolute Gasteiger partial charge is 0.293 e. The van der Waals surface area contributed by atoms with Crippen LogP contribution >= 0.6 is 23.4 Å². The Bertz CT molecular complexity index is 2920. The third-order valence-electron chi connectivity index (χ3n) is 11.4. The standard InChI is InChI=1S/C48H45ClN8O6S2/c49-35-12-10-33(11-13-35)41-9-5-4-6-34(41)29-55-22-24-56(25-23-55)38-15-17-42-44(27-38)51-31-52-48(42)54-65(60,61)40-16-18-43(45(28-40)57(58)59)53-37(30-64-39-7-2-1-3-8-39)20-21-50-36-14-19-46-47(26-36)63-32-62-46/h1-19,26-28,31,37,50,53H,20-25,29-30,32H2,(H,51,52,54)/t37-/m1/s1. The van der Waals surface area contributed by atoms with Crippen molar-refractivity contribution in [3.63, 3.8) is 0 Å². The van der Waals surface area contributed by atoms with Gasteiger partial charge in [-0.05, 0) is 89.8 Å². The fourth-order valence-electron chi connectivity index (χ4n) is 7.96. The number of fused-ring (bicyclic) bond motifs is 2. The fraction of sp³-hybridized carbons (Fsp3) is 0.208. The number of nitro benzene ring substituents is 1. The second-order valence-electron chi connectivity index (χ2n) is 15.6. The summed E-state index contributed by atoms with van der Waals surface area (Å²) in [6, 6.07) is 41.2. The molecule has 2 aliphatic heterocycles. The first-order chi connectivity index (χ1) is 31.6. The predicted molar refractivity (Wildman–Crippen MR) is 258 cm³/mol. The SMILES string of the molecule is O=[N+]([O-])c1cc(S(=O)(=O)Nc2ncnc3cc(N4CCN(Cc5ccccc5-c5ccc(Cl)cc5)CC4)ccc23)ccc1N[C@H](CCNc1ccc2c(c1)OCO2)CSc1ccccc1. The number of halogens is 1. The zero-order valence-corrected chi connectivity index (χ0v) is 37.5. The second kappa shape index (κ2) is 19.7. The highest BCUT2D eigenvalue weighted by Gasteiger charge is 2.25. The highest BCUT2D eigenvalue weighted by Crippen LogP contribution is 2.35. The molecule has 14 nitrogen and oxygen atoms in total. The fourth-order valence-corrected chi connectivity index (χ4v) is 10.1. The molecule has 9 rings (SSSR count). The lowest BCUT2D eigenvalue weighted by atomic mass is 9.99. The van der Waals surface area contributed by atoms with Crippen LogP contribution < -0.4 is 29.7 Å². The molecule has 1 fully saturated rings. The number of benzene rings is 6. The molecule has 1 atom stereocenters. The third-order valence-corrected chi connectivity index (χ3v) is 14.1. The van der Waals surface area contributed by atoms with Crippen LogP contribution in [0.1, 0.15) is 12.0 Å². The van der Waals surface area contributed by atoms with Crippen molar-refractivity contribution in [2.45, 2.75) is 28.8 Å². The topological polar surface area (TPSA) is 164 Å². The molecule has 6 aromatic carbocycles. The van der Waals surface area contributed by atoms with Gasteiger partial charge in [0.1, 0.15) is 12.0 Å². The summed E-state index contributed by atoms with van der Waals surface area (Å²) in [6.45, 7) is 4.85. The number of hydrogen-bond donors (Lipinski definition) is 3. The van der Waals surface area contributed by atoms with Crippen molar-refractivity contribution in [1.29, 1.82) is 0 Å². The highest BCUT2D eigenvalue weighted by molar-refractivity contribution is 7.99. The Balaban J connectivity index is 0.861. The summed E-state index contributed by atoms with van der Waals surface area (Å²) in [4.78, 5) is 26.2. The van der Waals surface area contributed by atoms with E-state index in [0.29, 0.717) is 46.1 Å². The van der Waals surface area contributed by atoms with Crippen LogP contribution in [0.15, 0.2) is 150 Å². The molecule has 1 saturated heterocycles. The van der Waals surface area contributed by atoms with Gasteiger partial charge in [0.25, 0.3) is 15.7 Å². The Morgan fingerprint density at radius 3 is 2.43 bits per heavy atom. The quantitative estimate of drug-likeness (QED) is 0.0450. The molecule has 2 aliphatic rings. The van der Waals surface area contributed by atoms with E-state index in [0.717, 1.165) is 60.6 Å². The van der Waals surface area contributed by atoms with E-state index in [4.69, 9.17) is 21.1 Å². The molecule has 7 aromatic rings. The highest BCUT2D eigenvalue weighted by atomic mass is 35.5. The Labute approximate surface area is 386 Å². The number of thioether (sulfide) groups is 1. The first kappa shape index (κ1) is 43.7. The van der Waals surface area contributed by atoms with Crippen molar-refractivity contribution < 1.29 is 22.8 Å². The normalized spacial score (nSPS) is 14.3. The Kier molecular flexibility index (Phi) is 13.2. The van der Waals surface area contributed by atoms with Crippen LogP contribution in [0.3, 0.4) is 0 Å². The molecule has 0 spiro atoms. The molecule has 3 N–H and O–H groups in total. The number of hydrogen-bond acceptors (Lipinski definition) is 13. The Morgan fingerprint density at radius 1 is 0.831 bits per heavy atom. The maximum Gasteiger partial charge on any atom is 0.293 e. The third kappa shape index (κ3) is 10.5. The average molecular weight is 930 g/mol. The summed E-state index contributed by atoms with van der Waals surface area (Å²) in [7, 11) is -4.31. The lowest BCUT2D eigenvalue weighted by Gasteiger charge is -2.36. The van der Waals surface area contributed by atoms with Crippen molar-refractivity contribution >= 4 is 72.9 Å². The van der Waals surface area contributed by atoms with Crippen LogP contribution in [-0.4, -0.2) is 79.5 Å². The maximum atomic E-state index is 13.9. The molecular weight excluding hydrogens is 884 g/mol. The minimum atomic E-state index is -4.31. The number of sulfonamides is 1. The van der Waals surface area contributed by atoms with Crippen molar-refractivity contribution in [2.24, 2.45) is 0 Å². The van der Waals surface area contributed by atoms with Gasteiger partial charge in [0.2, 0.25) is 6.79 Å². The lowest BCUT2D eigenvalue weighted by molar-refractivity contribution is -0.384. The molecule has 65 heavy (non-hydrogen) atoms. The van der Waals surface area contributed by atoms with E-state index >= 15 is 0 Å². The lowest BCUT2D eigenvalue weighted by Crippen LogP contribution is -2.46.